The van der Waals surface area contributed by atoms with Gasteiger partial charge in [0.2, 0.25) is 0 Å². The van der Waals surface area contributed by atoms with Crippen LogP contribution in [0.3, 0.4) is 0 Å². The van der Waals surface area contributed by atoms with E-state index in [2.05, 4.69) is 62.1 Å². The molecule has 1 heterocycles. The molecule has 1 N–H and O–H groups in total. The van der Waals surface area contributed by atoms with Crippen LogP contribution in [0.15, 0.2) is 18.3 Å². The van der Waals surface area contributed by atoms with Gasteiger partial charge in [0.15, 0.2) is 0 Å². The van der Waals surface area contributed by atoms with Gasteiger partial charge in [-0.3, -0.25) is 4.98 Å². The van der Waals surface area contributed by atoms with Crippen LogP contribution in [0.1, 0.15) is 39.8 Å². The topological polar surface area (TPSA) is 28.2 Å². The molecular weight excluding hydrogens is 222 g/mol. The van der Waals surface area contributed by atoms with E-state index in [1.165, 1.54) is 5.69 Å². The fourth-order valence-corrected chi connectivity index (χ4v) is 1.86. The summed E-state index contributed by atoms with van der Waals surface area (Å²) in [5.74, 6) is 0.643. The Labute approximate surface area is 112 Å². The Morgan fingerprint density at radius 1 is 1.33 bits per heavy atom. The van der Waals surface area contributed by atoms with E-state index in [0.717, 1.165) is 25.2 Å². The van der Waals surface area contributed by atoms with Crippen LogP contribution >= 0.6 is 0 Å². The second-order valence-corrected chi connectivity index (χ2v) is 5.28. The molecule has 18 heavy (non-hydrogen) atoms. The molecule has 0 aliphatic carbocycles. The van der Waals surface area contributed by atoms with Crippen molar-refractivity contribution >= 4 is 5.69 Å². The predicted octanol–water partition coefficient (Wildman–Crippen LogP) is 3.06. The van der Waals surface area contributed by atoms with Crippen LogP contribution in [0.25, 0.3) is 0 Å². The van der Waals surface area contributed by atoms with Crippen LogP contribution in [0, 0.1) is 5.92 Å². The molecule has 0 aliphatic heterocycles. The highest BCUT2D eigenvalue weighted by Crippen LogP contribution is 2.19. The Hall–Kier alpha value is -1.09. The first kappa shape index (κ1) is 15.0. The Kier molecular flexibility index (Phi) is 6.13. The second kappa shape index (κ2) is 7.37. The number of aromatic nitrogens is 1. The smallest absolute Gasteiger partial charge is 0.0562 e. The van der Waals surface area contributed by atoms with Crippen molar-refractivity contribution in [2.45, 2.75) is 46.7 Å². The van der Waals surface area contributed by atoms with Crippen molar-refractivity contribution < 1.29 is 0 Å². The van der Waals surface area contributed by atoms with E-state index in [-0.39, 0.29) is 0 Å². The largest absolute Gasteiger partial charge is 0.372 e. The zero-order valence-electron chi connectivity index (χ0n) is 12.4. The van der Waals surface area contributed by atoms with Crippen molar-refractivity contribution in [1.82, 2.24) is 10.3 Å². The minimum atomic E-state index is 0.531. The Bertz CT molecular complexity index is 349. The van der Waals surface area contributed by atoms with Gasteiger partial charge in [-0.1, -0.05) is 20.8 Å². The average Bonchev–Trinajstić information content (AvgIpc) is 2.37. The van der Waals surface area contributed by atoms with Crippen LogP contribution in [0.5, 0.6) is 0 Å². The van der Waals surface area contributed by atoms with E-state index in [4.69, 9.17) is 0 Å². The molecule has 0 amide bonds. The molecule has 0 saturated carbocycles. The number of anilines is 1. The summed E-state index contributed by atoms with van der Waals surface area (Å²) in [5.41, 5.74) is 2.36. The fourth-order valence-electron chi connectivity index (χ4n) is 1.86. The molecule has 102 valence electrons. The van der Waals surface area contributed by atoms with Gasteiger partial charge in [-0.15, -0.1) is 0 Å². The summed E-state index contributed by atoms with van der Waals surface area (Å²) < 4.78 is 0. The summed E-state index contributed by atoms with van der Waals surface area (Å²) in [6.07, 6.45) is 3.06. The van der Waals surface area contributed by atoms with Crippen molar-refractivity contribution in [2.24, 2.45) is 5.92 Å². The van der Waals surface area contributed by atoms with Crippen LogP contribution in [0.2, 0.25) is 0 Å². The van der Waals surface area contributed by atoms with Crippen LogP contribution in [-0.4, -0.2) is 24.6 Å². The van der Waals surface area contributed by atoms with E-state index < -0.39 is 0 Å². The summed E-state index contributed by atoms with van der Waals surface area (Å²) in [6.45, 7) is 10.9. The molecule has 0 aliphatic rings. The van der Waals surface area contributed by atoms with Gasteiger partial charge >= 0.3 is 0 Å². The van der Waals surface area contributed by atoms with E-state index in [0.29, 0.717) is 12.0 Å². The molecule has 3 heteroatoms. The molecule has 1 aromatic heterocycles. The van der Waals surface area contributed by atoms with Crippen molar-refractivity contribution in [2.75, 3.05) is 18.5 Å². The first-order valence-electron chi connectivity index (χ1n) is 6.94. The monoisotopic (exact) mass is 249 g/mol. The molecule has 3 nitrogen and oxygen atoms in total. The molecule has 1 aromatic rings. The molecule has 1 rings (SSSR count). The average molecular weight is 249 g/mol. The zero-order valence-corrected chi connectivity index (χ0v) is 12.4. The predicted molar refractivity (Wildman–Crippen MR) is 78.9 cm³/mol. The first-order valence-corrected chi connectivity index (χ1v) is 6.94. The highest BCUT2D eigenvalue weighted by molar-refractivity contribution is 5.46. The molecular formula is C15H27N3. The maximum atomic E-state index is 4.41. The molecule has 0 saturated heterocycles. The van der Waals surface area contributed by atoms with E-state index in [1.54, 1.807) is 0 Å². The minimum Gasteiger partial charge on any atom is -0.372 e. The third-order valence-electron chi connectivity index (χ3n) is 3.52. The number of hydrogen-bond acceptors (Lipinski definition) is 3. The first-order chi connectivity index (χ1) is 8.56. The number of rotatable bonds is 7. The summed E-state index contributed by atoms with van der Waals surface area (Å²) in [6, 6.07) is 4.80. The van der Waals surface area contributed by atoms with Gasteiger partial charge in [-0.05, 0) is 37.9 Å². The minimum absolute atomic E-state index is 0.531. The molecule has 0 spiro atoms. The highest BCUT2D eigenvalue weighted by Gasteiger charge is 2.13. The lowest BCUT2D eigenvalue weighted by molar-refractivity contribution is 0.505. The lowest BCUT2D eigenvalue weighted by Crippen LogP contribution is -2.33. The third-order valence-corrected chi connectivity index (χ3v) is 3.52. The SMILES string of the molecule is CCCNCc1cc(N(C)C(C)C(C)C)ccn1. The van der Waals surface area contributed by atoms with Gasteiger partial charge in [-0.2, -0.15) is 0 Å². The van der Waals surface area contributed by atoms with Crippen molar-refractivity contribution in [3.05, 3.63) is 24.0 Å². The normalized spacial score (nSPS) is 12.8. The molecule has 0 fully saturated rings. The van der Waals surface area contributed by atoms with Crippen LogP contribution in [-0.2, 0) is 6.54 Å². The third kappa shape index (κ3) is 4.30. The van der Waals surface area contributed by atoms with Crippen LogP contribution < -0.4 is 10.2 Å². The van der Waals surface area contributed by atoms with E-state index in [1.807, 2.05) is 6.20 Å². The van der Waals surface area contributed by atoms with Crippen molar-refractivity contribution in [3.63, 3.8) is 0 Å². The molecule has 1 unspecified atom stereocenters. The van der Waals surface area contributed by atoms with E-state index in [9.17, 15) is 0 Å². The summed E-state index contributed by atoms with van der Waals surface area (Å²) in [4.78, 5) is 6.74. The van der Waals surface area contributed by atoms with Gasteiger partial charge in [0.05, 0.1) is 5.69 Å². The summed E-state index contributed by atoms with van der Waals surface area (Å²) >= 11 is 0. The maximum Gasteiger partial charge on any atom is 0.0562 e. The fraction of sp³-hybridized carbons (Fsp3) is 0.667. The van der Waals surface area contributed by atoms with Crippen LogP contribution in [0.4, 0.5) is 5.69 Å². The second-order valence-electron chi connectivity index (χ2n) is 5.28. The molecule has 1 atom stereocenters. The standard InChI is InChI=1S/C15H27N3/c1-6-8-16-11-14-10-15(7-9-17-14)18(5)13(4)12(2)3/h7,9-10,12-13,16H,6,8,11H2,1-5H3. The quantitative estimate of drug-likeness (QED) is 0.753. The lowest BCUT2D eigenvalue weighted by Gasteiger charge is -2.30. The van der Waals surface area contributed by atoms with Crippen molar-refractivity contribution in [3.8, 4) is 0 Å². The van der Waals surface area contributed by atoms with Gasteiger partial charge in [0.1, 0.15) is 0 Å². The highest BCUT2D eigenvalue weighted by atomic mass is 15.1. The summed E-state index contributed by atoms with van der Waals surface area (Å²) in [5, 5.41) is 3.39. The maximum absolute atomic E-state index is 4.41. The Morgan fingerprint density at radius 3 is 2.67 bits per heavy atom. The Balaban J connectivity index is 2.69. The van der Waals surface area contributed by atoms with Gasteiger partial charge in [-0.25, -0.2) is 0 Å². The lowest BCUT2D eigenvalue weighted by atomic mass is 10.0. The number of pyridine rings is 1. The number of nitrogens with one attached hydrogen (secondary N) is 1. The molecule has 0 radical (unpaired) electrons. The van der Waals surface area contributed by atoms with E-state index >= 15 is 0 Å². The molecule has 0 bridgehead atoms. The van der Waals surface area contributed by atoms with Gasteiger partial charge in [0.25, 0.3) is 0 Å². The number of nitrogens with zero attached hydrogens (tertiary/aromatic N) is 2. The van der Waals surface area contributed by atoms with Crippen molar-refractivity contribution in [1.29, 1.82) is 0 Å². The zero-order chi connectivity index (χ0) is 13.5. The summed E-state index contributed by atoms with van der Waals surface area (Å²) in [7, 11) is 2.16. The van der Waals surface area contributed by atoms with Gasteiger partial charge < -0.3 is 10.2 Å². The van der Waals surface area contributed by atoms with Gasteiger partial charge in [0, 0.05) is 31.5 Å². The number of hydrogen-bond donors (Lipinski definition) is 1. The molecule has 0 aromatic carbocycles. The Morgan fingerprint density at radius 2 is 2.06 bits per heavy atom.